The molecule has 6 heteroatoms. The quantitative estimate of drug-likeness (QED) is 0.394. The Hall–Kier alpha value is -1.14. The summed E-state index contributed by atoms with van der Waals surface area (Å²) in [6.45, 7) is 2.16. The van der Waals surface area contributed by atoms with Gasteiger partial charge in [0.25, 0.3) is 5.91 Å². The Kier molecular flexibility index (Phi) is 8.98. The fraction of sp³-hybridized carbons (Fsp3) is 0.643. The van der Waals surface area contributed by atoms with Crippen molar-refractivity contribution in [2.75, 3.05) is 5.75 Å². The van der Waals surface area contributed by atoms with E-state index in [2.05, 4.69) is 16.9 Å². The molecule has 0 aliphatic heterocycles. The van der Waals surface area contributed by atoms with E-state index in [1.807, 2.05) is 0 Å². The summed E-state index contributed by atoms with van der Waals surface area (Å²) >= 11 is 1.57. The van der Waals surface area contributed by atoms with Gasteiger partial charge in [0.1, 0.15) is 0 Å². The van der Waals surface area contributed by atoms with Gasteiger partial charge in [-0.2, -0.15) is 0 Å². The van der Waals surface area contributed by atoms with E-state index in [0.717, 1.165) is 37.1 Å². The molecular formula is C14H23N3O2S. The van der Waals surface area contributed by atoms with Crippen LogP contribution in [0.15, 0.2) is 18.6 Å². The van der Waals surface area contributed by atoms with Crippen LogP contribution in [0.5, 0.6) is 0 Å². The number of aryl methyl sites for hydroxylation is 1. The fourth-order valence-corrected chi connectivity index (χ4v) is 3.03. The number of nitrogens with one attached hydrogen (secondary N) is 1. The number of aromatic nitrogens is 2. The highest BCUT2D eigenvalue weighted by Gasteiger charge is 2.17. The van der Waals surface area contributed by atoms with Crippen LogP contribution in [-0.2, 0) is 11.2 Å². The van der Waals surface area contributed by atoms with Crippen molar-refractivity contribution in [1.82, 2.24) is 15.4 Å². The van der Waals surface area contributed by atoms with E-state index >= 15 is 0 Å². The van der Waals surface area contributed by atoms with Gasteiger partial charge in [0, 0.05) is 25.0 Å². The van der Waals surface area contributed by atoms with Crippen LogP contribution in [0.25, 0.3) is 0 Å². The van der Waals surface area contributed by atoms with E-state index in [1.165, 1.54) is 12.8 Å². The Morgan fingerprint density at radius 1 is 1.40 bits per heavy atom. The number of rotatable bonds is 10. The predicted octanol–water partition coefficient (Wildman–Crippen LogP) is 2.60. The van der Waals surface area contributed by atoms with Gasteiger partial charge in [0.05, 0.1) is 10.9 Å². The summed E-state index contributed by atoms with van der Waals surface area (Å²) < 4.78 is 0. The SMILES string of the molecule is CCCCCCC(SCCc1cnccn1)C(=O)NO. The average Bonchev–Trinajstić information content (AvgIpc) is 2.50. The smallest absolute Gasteiger partial charge is 0.256 e. The molecule has 2 N–H and O–H groups in total. The number of nitrogens with zero attached hydrogens (tertiary/aromatic N) is 2. The molecule has 1 atom stereocenters. The minimum Gasteiger partial charge on any atom is -0.289 e. The van der Waals surface area contributed by atoms with Gasteiger partial charge in [-0.05, 0) is 12.2 Å². The van der Waals surface area contributed by atoms with Gasteiger partial charge >= 0.3 is 0 Å². The Morgan fingerprint density at radius 2 is 2.25 bits per heavy atom. The predicted molar refractivity (Wildman–Crippen MR) is 80.7 cm³/mol. The highest BCUT2D eigenvalue weighted by Crippen LogP contribution is 2.19. The molecule has 1 heterocycles. The second-order valence-corrected chi connectivity index (χ2v) is 5.94. The van der Waals surface area contributed by atoms with Crippen molar-refractivity contribution >= 4 is 17.7 Å². The molecule has 20 heavy (non-hydrogen) atoms. The van der Waals surface area contributed by atoms with Gasteiger partial charge in [-0.15, -0.1) is 11.8 Å². The van der Waals surface area contributed by atoms with Crippen molar-refractivity contribution in [2.24, 2.45) is 0 Å². The molecule has 0 bridgehead atoms. The first kappa shape index (κ1) is 16.9. The van der Waals surface area contributed by atoms with Crippen LogP contribution < -0.4 is 5.48 Å². The van der Waals surface area contributed by atoms with Gasteiger partial charge in [0.2, 0.25) is 0 Å². The molecule has 0 fully saturated rings. The molecule has 1 rings (SSSR count). The summed E-state index contributed by atoms with van der Waals surface area (Å²) in [4.78, 5) is 19.8. The standard InChI is InChI=1S/C14H23N3O2S/c1-2-3-4-5-6-13(14(18)17-19)20-10-7-12-11-15-8-9-16-12/h8-9,11,13,19H,2-7,10H2,1H3,(H,17,18). The number of unbranched alkanes of at least 4 members (excludes halogenated alkanes) is 3. The second kappa shape index (κ2) is 10.6. The van der Waals surface area contributed by atoms with E-state index in [4.69, 9.17) is 5.21 Å². The molecule has 0 aliphatic carbocycles. The van der Waals surface area contributed by atoms with E-state index in [0.29, 0.717) is 0 Å². The first-order valence-corrected chi connectivity index (χ1v) is 8.13. The Labute approximate surface area is 124 Å². The van der Waals surface area contributed by atoms with Crippen LogP contribution in [0.1, 0.15) is 44.7 Å². The van der Waals surface area contributed by atoms with E-state index in [9.17, 15) is 4.79 Å². The third kappa shape index (κ3) is 6.86. The summed E-state index contributed by atoms with van der Waals surface area (Å²) in [6.07, 6.45) is 11.2. The number of carbonyl (C=O) groups excluding carboxylic acids is 1. The molecule has 112 valence electrons. The minimum atomic E-state index is -0.300. The maximum Gasteiger partial charge on any atom is 0.256 e. The van der Waals surface area contributed by atoms with Crippen LogP contribution in [0.3, 0.4) is 0 Å². The van der Waals surface area contributed by atoms with Crippen molar-refractivity contribution in [1.29, 1.82) is 0 Å². The normalized spacial score (nSPS) is 12.1. The lowest BCUT2D eigenvalue weighted by atomic mass is 10.1. The minimum absolute atomic E-state index is 0.187. The Bertz CT molecular complexity index is 376. The summed E-state index contributed by atoms with van der Waals surface area (Å²) in [5.74, 6) is 0.496. The average molecular weight is 297 g/mol. The second-order valence-electron chi connectivity index (χ2n) is 4.63. The lowest BCUT2D eigenvalue weighted by Gasteiger charge is -2.14. The van der Waals surface area contributed by atoms with Gasteiger partial charge in [-0.25, -0.2) is 5.48 Å². The molecule has 0 radical (unpaired) electrons. The van der Waals surface area contributed by atoms with E-state index in [-0.39, 0.29) is 11.2 Å². The molecule has 5 nitrogen and oxygen atoms in total. The van der Waals surface area contributed by atoms with Gasteiger partial charge in [-0.1, -0.05) is 32.6 Å². The first-order chi connectivity index (χ1) is 9.77. The molecule has 1 amide bonds. The zero-order chi connectivity index (χ0) is 14.6. The number of hydrogen-bond acceptors (Lipinski definition) is 5. The van der Waals surface area contributed by atoms with Gasteiger partial charge < -0.3 is 0 Å². The van der Waals surface area contributed by atoms with Crippen LogP contribution in [0.4, 0.5) is 0 Å². The molecule has 0 aliphatic rings. The molecule has 1 unspecified atom stereocenters. The van der Waals surface area contributed by atoms with Crippen LogP contribution in [-0.4, -0.2) is 32.1 Å². The van der Waals surface area contributed by atoms with Crippen molar-refractivity contribution in [3.8, 4) is 0 Å². The lowest BCUT2D eigenvalue weighted by Crippen LogP contribution is -2.30. The number of hydroxylamine groups is 1. The van der Waals surface area contributed by atoms with E-state index in [1.54, 1.807) is 35.8 Å². The van der Waals surface area contributed by atoms with Crippen molar-refractivity contribution in [2.45, 2.75) is 50.7 Å². The zero-order valence-electron chi connectivity index (χ0n) is 11.9. The fourth-order valence-electron chi connectivity index (χ4n) is 1.88. The molecule has 0 spiro atoms. The largest absolute Gasteiger partial charge is 0.289 e. The molecule has 1 aromatic rings. The molecule has 0 saturated carbocycles. The van der Waals surface area contributed by atoms with Crippen LogP contribution >= 0.6 is 11.8 Å². The lowest BCUT2D eigenvalue weighted by molar-refractivity contribution is -0.128. The maximum absolute atomic E-state index is 11.6. The third-order valence-corrected chi connectivity index (χ3v) is 4.31. The number of hydrogen-bond donors (Lipinski definition) is 2. The summed E-state index contributed by atoms with van der Waals surface area (Å²) in [5, 5.41) is 8.60. The summed E-state index contributed by atoms with van der Waals surface area (Å²) in [7, 11) is 0. The van der Waals surface area contributed by atoms with Crippen LogP contribution in [0.2, 0.25) is 0 Å². The van der Waals surface area contributed by atoms with Crippen molar-refractivity contribution < 1.29 is 10.0 Å². The molecule has 1 aromatic heterocycles. The first-order valence-electron chi connectivity index (χ1n) is 7.08. The molecular weight excluding hydrogens is 274 g/mol. The van der Waals surface area contributed by atoms with Gasteiger partial charge in [0.15, 0.2) is 0 Å². The summed E-state index contributed by atoms with van der Waals surface area (Å²) in [5.41, 5.74) is 2.69. The molecule has 0 saturated heterocycles. The monoisotopic (exact) mass is 297 g/mol. The Morgan fingerprint density at radius 3 is 2.90 bits per heavy atom. The van der Waals surface area contributed by atoms with Crippen molar-refractivity contribution in [3.05, 3.63) is 24.3 Å². The third-order valence-electron chi connectivity index (χ3n) is 3.02. The highest BCUT2D eigenvalue weighted by atomic mass is 32.2. The van der Waals surface area contributed by atoms with E-state index < -0.39 is 0 Å². The van der Waals surface area contributed by atoms with Crippen molar-refractivity contribution in [3.63, 3.8) is 0 Å². The number of carbonyl (C=O) groups is 1. The zero-order valence-corrected chi connectivity index (χ0v) is 12.7. The molecule has 0 aromatic carbocycles. The van der Waals surface area contributed by atoms with Crippen LogP contribution in [0, 0.1) is 0 Å². The maximum atomic E-state index is 11.6. The Balaban J connectivity index is 2.31. The number of thioether (sulfide) groups is 1. The summed E-state index contributed by atoms with van der Waals surface area (Å²) in [6, 6.07) is 0. The number of amides is 1. The van der Waals surface area contributed by atoms with Gasteiger partial charge in [-0.3, -0.25) is 20.0 Å². The highest BCUT2D eigenvalue weighted by molar-refractivity contribution is 8.00. The topological polar surface area (TPSA) is 75.1 Å².